The largest absolute Gasteiger partial charge is 0.502 e. The van der Waals surface area contributed by atoms with E-state index in [1.807, 2.05) is 12.1 Å². The van der Waals surface area contributed by atoms with Crippen LogP contribution in [0.1, 0.15) is 41.6 Å². The maximum atomic E-state index is 12.9. The number of ketones is 1. The lowest BCUT2D eigenvalue weighted by molar-refractivity contribution is -0.122. The van der Waals surface area contributed by atoms with E-state index < -0.39 is 6.10 Å². The lowest BCUT2D eigenvalue weighted by Crippen LogP contribution is -2.33. The van der Waals surface area contributed by atoms with Crippen LogP contribution in [0.3, 0.4) is 0 Å². The van der Waals surface area contributed by atoms with Crippen molar-refractivity contribution in [3.63, 3.8) is 0 Å². The molecule has 9 heteroatoms. The highest BCUT2D eigenvalue weighted by Crippen LogP contribution is 2.57. The molecule has 0 bridgehead atoms. The van der Waals surface area contributed by atoms with Gasteiger partial charge >= 0.3 is 0 Å². The first-order chi connectivity index (χ1) is 15.0. The highest BCUT2D eigenvalue weighted by molar-refractivity contribution is 15.0. The molecule has 2 aliphatic carbocycles. The quantitative estimate of drug-likeness (QED) is 0.466. The van der Waals surface area contributed by atoms with E-state index in [4.69, 9.17) is 18.9 Å². The van der Waals surface area contributed by atoms with Crippen molar-refractivity contribution < 1.29 is 34.0 Å². The molecule has 7 nitrogen and oxygen atoms in total. The van der Waals surface area contributed by atoms with Gasteiger partial charge in [-0.2, -0.15) is 0 Å². The average Bonchev–Trinajstić information content (AvgIpc) is 3.41. The summed E-state index contributed by atoms with van der Waals surface area (Å²) in [5.41, 5.74) is 2.36. The lowest BCUT2D eigenvalue weighted by atomic mass is 9.66. The lowest BCUT2D eigenvalue weighted by Gasteiger charge is -2.38. The molecule has 0 radical (unpaired) electrons. The maximum Gasteiger partial charge on any atom is 0.231 e. The molecule has 2 aromatic carbocycles. The molecule has 0 aromatic heterocycles. The van der Waals surface area contributed by atoms with Gasteiger partial charge in [0, 0.05) is 61.4 Å². The van der Waals surface area contributed by atoms with Gasteiger partial charge in [0.1, 0.15) is 5.78 Å². The molecule has 0 amide bonds. The molecule has 0 saturated heterocycles. The monoisotopic (exact) mass is 652 g/mol. The second-order valence-corrected chi connectivity index (χ2v) is 7.73. The summed E-state index contributed by atoms with van der Waals surface area (Å²) < 4.78 is 21.7. The van der Waals surface area contributed by atoms with Gasteiger partial charge in [-0.15, -0.1) is 0 Å². The number of aliphatic hydroxyl groups is 1. The van der Waals surface area contributed by atoms with Crippen molar-refractivity contribution >= 4 is 43.0 Å². The van der Waals surface area contributed by atoms with Crippen molar-refractivity contribution in [1.82, 2.24) is 0 Å². The summed E-state index contributed by atoms with van der Waals surface area (Å²) in [5, 5.41) is 21.4. The second-order valence-electron chi connectivity index (χ2n) is 7.73. The molecule has 1 heterocycles. The van der Waals surface area contributed by atoms with Gasteiger partial charge in [0.15, 0.2) is 23.0 Å². The Morgan fingerprint density at radius 3 is 2.16 bits per heavy atom. The molecular formula is C22H22I2O7. The van der Waals surface area contributed by atoms with Crippen LogP contribution in [0.5, 0.6) is 28.7 Å². The number of aromatic hydroxyl groups is 1. The van der Waals surface area contributed by atoms with Crippen LogP contribution in [0.2, 0.25) is 0 Å². The Balaban J connectivity index is 0.00000112. The molecular weight excluding hydrogens is 630 g/mol. The van der Waals surface area contributed by atoms with Crippen molar-refractivity contribution in [1.29, 1.82) is 0 Å². The van der Waals surface area contributed by atoms with Crippen LogP contribution in [0.25, 0.3) is 0 Å². The fourth-order valence-electron chi connectivity index (χ4n) is 5.08. The molecule has 2 aromatic rings. The van der Waals surface area contributed by atoms with Crippen LogP contribution in [0.15, 0.2) is 24.3 Å². The molecule has 1 saturated carbocycles. The van der Waals surface area contributed by atoms with Crippen molar-refractivity contribution in [2.24, 2.45) is 11.8 Å². The number of phenols is 1. The van der Waals surface area contributed by atoms with Gasteiger partial charge in [-0.05, 0) is 47.4 Å². The Morgan fingerprint density at radius 1 is 1.00 bits per heavy atom. The van der Waals surface area contributed by atoms with E-state index in [1.54, 1.807) is 12.1 Å². The van der Waals surface area contributed by atoms with Crippen LogP contribution >= 0.6 is 37.2 Å². The molecule has 0 spiro atoms. The van der Waals surface area contributed by atoms with Crippen LogP contribution in [-0.2, 0) is 4.79 Å². The smallest absolute Gasteiger partial charge is 0.231 e. The third-order valence-corrected chi connectivity index (χ3v) is 6.41. The predicted octanol–water partition coefficient (Wildman–Crippen LogP) is 4.68. The van der Waals surface area contributed by atoms with E-state index in [-0.39, 0.29) is 47.6 Å². The highest BCUT2D eigenvalue weighted by Gasteiger charge is 2.50. The maximum absolute atomic E-state index is 12.9. The number of halogens is 2. The normalized spacial score (nSPS) is 25.3. The number of hydrogen-bond acceptors (Lipinski definition) is 7. The molecule has 166 valence electrons. The average molecular weight is 652 g/mol. The van der Waals surface area contributed by atoms with Gasteiger partial charge in [0.05, 0.1) is 20.3 Å². The fourth-order valence-corrected chi connectivity index (χ4v) is 5.08. The van der Waals surface area contributed by atoms with E-state index in [9.17, 15) is 15.0 Å². The number of methoxy groups -OCH3 is 2. The number of rotatable bonds is 3. The Morgan fingerprint density at radius 2 is 1.58 bits per heavy atom. The van der Waals surface area contributed by atoms with E-state index in [2.05, 4.69) is 37.2 Å². The van der Waals surface area contributed by atoms with Crippen LogP contribution in [-0.4, -0.2) is 37.0 Å². The number of fused-ring (bicyclic) bond motifs is 3. The van der Waals surface area contributed by atoms with Crippen LogP contribution < -0.4 is 18.9 Å². The summed E-state index contributed by atoms with van der Waals surface area (Å²) >= 11 is 4.24. The third-order valence-electron chi connectivity index (χ3n) is 6.41. The molecule has 31 heavy (non-hydrogen) atoms. The van der Waals surface area contributed by atoms with Crippen molar-refractivity contribution in [3.8, 4) is 28.7 Å². The topological polar surface area (TPSA) is 94.5 Å². The number of carbonyl (C=O) groups is 1. The highest BCUT2D eigenvalue weighted by atomic mass is 128. The SMILES string of the molecule is COc1cc(C2c3cc4c(cc3C(O)C3CCC(=O)C23)OCO4)cc(OC)c1O.II. The second kappa shape index (κ2) is 9.18. The summed E-state index contributed by atoms with van der Waals surface area (Å²) in [6, 6.07) is 7.15. The molecule has 4 unspecified atom stereocenters. The molecule has 1 aliphatic heterocycles. The van der Waals surface area contributed by atoms with Gasteiger partial charge in [-0.3, -0.25) is 4.79 Å². The number of aliphatic hydroxyl groups excluding tert-OH is 1. The van der Waals surface area contributed by atoms with Gasteiger partial charge in [-0.1, -0.05) is 0 Å². The summed E-state index contributed by atoms with van der Waals surface area (Å²) in [6.07, 6.45) is 0.338. The predicted molar refractivity (Wildman–Crippen MR) is 130 cm³/mol. The summed E-state index contributed by atoms with van der Waals surface area (Å²) in [6.45, 7) is 0.131. The van der Waals surface area contributed by atoms with Gasteiger partial charge in [-0.25, -0.2) is 0 Å². The fraction of sp³-hybridized carbons (Fsp3) is 0.409. The Bertz CT molecular complexity index is 985. The first-order valence-electron chi connectivity index (χ1n) is 9.77. The van der Waals surface area contributed by atoms with Crippen molar-refractivity contribution in [2.75, 3.05) is 21.0 Å². The summed E-state index contributed by atoms with van der Waals surface area (Å²) in [4.78, 5) is 12.9. The summed E-state index contributed by atoms with van der Waals surface area (Å²) in [5.74, 6) is 0.940. The number of hydrogen-bond donors (Lipinski definition) is 2. The number of phenolic OH excluding ortho intramolecular Hbond substituents is 1. The minimum Gasteiger partial charge on any atom is -0.502 e. The van der Waals surface area contributed by atoms with E-state index in [1.165, 1.54) is 14.2 Å². The molecule has 1 fully saturated rings. The first kappa shape index (κ1) is 22.7. The minimum absolute atomic E-state index is 0.0881. The zero-order valence-electron chi connectivity index (χ0n) is 16.9. The first-order valence-corrected chi connectivity index (χ1v) is 16.1. The molecule has 3 aliphatic rings. The number of ether oxygens (including phenoxy) is 4. The molecule has 5 rings (SSSR count). The van der Waals surface area contributed by atoms with Crippen LogP contribution in [0.4, 0.5) is 0 Å². The third kappa shape index (κ3) is 3.71. The number of benzene rings is 2. The standard InChI is InChI=1S/C22H22O7.I2/c1-26-17-5-10(6-18(27-2)22(17)25)19-12-7-15-16(29-9-28-15)8-13(12)21(24)11-3-4-14(23)20(11)19;1-2/h5-8,11,19-21,24-25H,3-4,9H2,1-2H3;. The van der Waals surface area contributed by atoms with Gasteiger partial charge < -0.3 is 29.2 Å². The van der Waals surface area contributed by atoms with E-state index >= 15 is 0 Å². The Labute approximate surface area is 203 Å². The van der Waals surface area contributed by atoms with Crippen molar-refractivity contribution in [3.05, 3.63) is 41.0 Å². The Hall–Kier alpha value is -1.47. The zero-order chi connectivity index (χ0) is 22.3. The Kier molecular flexibility index (Phi) is 6.73. The van der Waals surface area contributed by atoms with Gasteiger partial charge in [0.25, 0.3) is 0 Å². The zero-order valence-corrected chi connectivity index (χ0v) is 21.2. The summed E-state index contributed by atoms with van der Waals surface area (Å²) in [7, 11) is 2.94. The minimum atomic E-state index is -0.742. The number of carbonyl (C=O) groups excluding carboxylic acids is 1. The number of Topliss-reactive ketones (excluding diaryl/α,β-unsaturated/α-hetero) is 1. The van der Waals surface area contributed by atoms with Gasteiger partial charge in [0.2, 0.25) is 12.5 Å². The molecule has 2 N–H and O–H groups in total. The van der Waals surface area contributed by atoms with E-state index in [0.717, 1.165) is 16.7 Å². The molecule has 4 atom stereocenters. The van der Waals surface area contributed by atoms with E-state index in [0.29, 0.717) is 24.3 Å². The van der Waals surface area contributed by atoms with Crippen LogP contribution in [0, 0.1) is 11.8 Å². The van der Waals surface area contributed by atoms with Crippen molar-refractivity contribution in [2.45, 2.75) is 24.9 Å².